The van der Waals surface area contributed by atoms with E-state index in [1.165, 1.54) is 0 Å². The SMILES string of the molecule is C=C\C1=C(C(/C=C\C)=C/CC)\C(=O)C/C=C\C(OC)=C/CO1.CC. The Hall–Kier alpha value is -2.29. The molecular weight excluding hydrogens is 300 g/mol. The highest BCUT2D eigenvalue weighted by Gasteiger charge is 2.17. The first-order valence-corrected chi connectivity index (χ1v) is 8.44. The number of hydrogen-bond donors (Lipinski definition) is 0. The van der Waals surface area contributed by atoms with Crippen molar-refractivity contribution in [1.29, 1.82) is 0 Å². The topological polar surface area (TPSA) is 35.5 Å². The Morgan fingerprint density at radius 2 is 2.12 bits per heavy atom. The molecule has 0 bridgehead atoms. The summed E-state index contributed by atoms with van der Waals surface area (Å²) in [6.45, 7) is 12.1. The standard InChI is InChI=1S/C19H24O3.C2H6/c1-5-9-15(10-6-2)19-17(20)12-8-11-16(21-4)13-14-22-18(19)7-3;1-2/h5,7-11,13H,3,6,12,14H2,1-2,4H3;1-2H3/b9-5-,11-8-,15-10+,16-13+,19-18-;. The van der Waals surface area contributed by atoms with E-state index in [1.807, 2.05) is 58.1 Å². The van der Waals surface area contributed by atoms with Gasteiger partial charge >= 0.3 is 0 Å². The lowest BCUT2D eigenvalue weighted by Gasteiger charge is -2.14. The lowest BCUT2D eigenvalue weighted by molar-refractivity contribution is -0.114. The fraction of sp³-hybridized carbons (Fsp3) is 0.381. The maximum atomic E-state index is 12.6. The molecule has 3 nitrogen and oxygen atoms in total. The molecule has 0 unspecified atom stereocenters. The molecule has 0 saturated carbocycles. The van der Waals surface area contributed by atoms with Crippen LogP contribution in [0.5, 0.6) is 0 Å². The third-order valence-corrected chi connectivity index (χ3v) is 3.11. The Kier molecular flexibility index (Phi) is 11.9. The van der Waals surface area contributed by atoms with Crippen LogP contribution in [0.25, 0.3) is 0 Å². The lowest BCUT2D eigenvalue weighted by Crippen LogP contribution is -2.10. The van der Waals surface area contributed by atoms with Gasteiger partial charge in [-0.15, -0.1) is 0 Å². The highest BCUT2D eigenvalue weighted by atomic mass is 16.5. The summed E-state index contributed by atoms with van der Waals surface area (Å²) >= 11 is 0. The molecule has 0 aromatic carbocycles. The summed E-state index contributed by atoms with van der Waals surface area (Å²) in [6.07, 6.45) is 14.0. The molecule has 0 aliphatic carbocycles. The molecule has 1 aliphatic heterocycles. The second-order valence-corrected chi connectivity index (χ2v) is 4.66. The van der Waals surface area contributed by atoms with E-state index in [0.717, 1.165) is 12.0 Å². The number of hydrogen-bond acceptors (Lipinski definition) is 3. The molecule has 0 fully saturated rings. The molecule has 0 amide bonds. The number of carbonyl (C=O) groups is 1. The van der Waals surface area contributed by atoms with Crippen LogP contribution in [0.15, 0.2) is 71.8 Å². The molecule has 0 N–H and O–H groups in total. The molecule has 24 heavy (non-hydrogen) atoms. The van der Waals surface area contributed by atoms with Crippen LogP contribution in [0, 0.1) is 0 Å². The lowest BCUT2D eigenvalue weighted by atomic mass is 9.96. The first-order valence-electron chi connectivity index (χ1n) is 8.44. The summed E-state index contributed by atoms with van der Waals surface area (Å²) in [5, 5.41) is 0. The van der Waals surface area contributed by atoms with Crippen LogP contribution < -0.4 is 0 Å². The first kappa shape index (κ1) is 21.7. The van der Waals surface area contributed by atoms with E-state index < -0.39 is 0 Å². The van der Waals surface area contributed by atoms with Gasteiger partial charge < -0.3 is 9.47 Å². The molecule has 0 spiro atoms. The van der Waals surface area contributed by atoms with Crippen molar-refractivity contribution in [2.24, 2.45) is 0 Å². The van der Waals surface area contributed by atoms with Gasteiger partial charge in [-0.25, -0.2) is 0 Å². The zero-order valence-corrected chi connectivity index (χ0v) is 15.6. The van der Waals surface area contributed by atoms with Gasteiger partial charge in [0.1, 0.15) is 18.1 Å². The van der Waals surface area contributed by atoms with E-state index in [-0.39, 0.29) is 12.2 Å². The van der Waals surface area contributed by atoms with Crippen molar-refractivity contribution >= 4 is 5.78 Å². The zero-order valence-electron chi connectivity index (χ0n) is 15.6. The van der Waals surface area contributed by atoms with Gasteiger partial charge in [0.2, 0.25) is 0 Å². The number of methoxy groups -OCH3 is 1. The monoisotopic (exact) mass is 330 g/mol. The van der Waals surface area contributed by atoms with E-state index in [9.17, 15) is 4.79 Å². The van der Waals surface area contributed by atoms with Crippen molar-refractivity contribution in [1.82, 2.24) is 0 Å². The summed E-state index contributed by atoms with van der Waals surface area (Å²) in [5.41, 5.74) is 1.45. The van der Waals surface area contributed by atoms with Crippen LogP contribution in [0.3, 0.4) is 0 Å². The van der Waals surface area contributed by atoms with E-state index in [4.69, 9.17) is 9.47 Å². The van der Waals surface area contributed by atoms with Crippen LogP contribution in [0.1, 0.15) is 40.5 Å². The van der Waals surface area contributed by atoms with E-state index in [0.29, 0.717) is 23.7 Å². The molecule has 1 rings (SSSR count). The van der Waals surface area contributed by atoms with Gasteiger partial charge in [-0.1, -0.05) is 51.7 Å². The zero-order chi connectivity index (χ0) is 18.4. The normalized spacial score (nSPS) is 22.6. The summed E-state index contributed by atoms with van der Waals surface area (Å²) < 4.78 is 10.9. The number of Topliss-reactive ketones (excluding diaryl/α,β-unsaturated/α-hetero) is 1. The fourth-order valence-corrected chi connectivity index (χ4v) is 2.14. The third kappa shape index (κ3) is 6.86. The Labute approximate surface area is 146 Å². The minimum Gasteiger partial charge on any atom is -0.497 e. The minimum atomic E-state index is 0.00121. The Bertz CT molecular complexity index is 558. The van der Waals surface area contributed by atoms with Gasteiger partial charge in [0.15, 0.2) is 5.78 Å². The highest BCUT2D eigenvalue weighted by Crippen LogP contribution is 2.23. The van der Waals surface area contributed by atoms with E-state index in [1.54, 1.807) is 19.3 Å². The van der Waals surface area contributed by atoms with Crippen molar-refractivity contribution in [3.8, 4) is 0 Å². The predicted molar refractivity (Wildman–Crippen MR) is 102 cm³/mol. The second kappa shape index (κ2) is 13.2. The quantitative estimate of drug-likeness (QED) is 0.630. The molecule has 132 valence electrons. The largest absolute Gasteiger partial charge is 0.497 e. The third-order valence-electron chi connectivity index (χ3n) is 3.11. The molecule has 3 heteroatoms. The van der Waals surface area contributed by atoms with Gasteiger partial charge in [0.05, 0.1) is 12.7 Å². The van der Waals surface area contributed by atoms with Crippen molar-refractivity contribution in [2.75, 3.05) is 13.7 Å². The molecular formula is C21H30O3. The van der Waals surface area contributed by atoms with Gasteiger partial charge in [-0.3, -0.25) is 4.79 Å². The number of ketones is 1. The average molecular weight is 330 g/mol. The highest BCUT2D eigenvalue weighted by molar-refractivity contribution is 6.02. The maximum absolute atomic E-state index is 12.6. The Morgan fingerprint density at radius 1 is 1.42 bits per heavy atom. The average Bonchev–Trinajstić information content (AvgIpc) is 2.61. The Morgan fingerprint density at radius 3 is 2.67 bits per heavy atom. The van der Waals surface area contributed by atoms with Crippen LogP contribution in [-0.2, 0) is 14.3 Å². The van der Waals surface area contributed by atoms with Crippen LogP contribution in [0.4, 0.5) is 0 Å². The van der Waals surface area contributed by atoms with Gasteiger partial charge in [0.25, 0.3) is 0 Å². The number of allylic oxidation sites excluding steroid dienone is 8. The van der Waals surface area contributed by atoms with Crippen molar-refractivity contribution < 1.29 is 14.3 Å². The van der Waals surface area contributed by atoms with Crippen molar-refractivity contribution in [3.05, 3.63) is 71.8 Å². The predicted octanol–water partition coefficient (Wildman–Crippen LogP) is 5.44. The first-order chi connectivity index (χ1) is 11.7. The van der Waals surface area contributed by atoms with E-state index in [2.05, 4.69) is 6.58 Å². The van der Waals surface area contributed by atoms with Gasteiger partial charge in [-0.05, 0) is 37.1 Å². The van der Waals surface area contributed by atoms with E-state index >= 15 is 0 Å². The van der Waals surface area contributed by atoms with Crippen LogP contribution >= 0.6 is 0 Å². The van der Waals surface area contributed by atoms with Gasteiger partial charge in [0, 0.05) is 6.42 Å². The summed E-state index contributed by atoms with van der Waals surface area (Å²) in [4.78, 5) is 12.6. The molecule has 0 saturated heterocycles. The fourth-order valence-electron chi connectivity index (χ4n) is 2.14. The molecule has 0 aromatic rings. The van der Waals surface area contributed by atoms with Crippen LogP contribution in [0.2, 0.25) is 0 Å². The molecule has 0 radical (unpaired) electrons. The summed E-state index contributed by atoms with van der Waals surface area (Å²) in [6, 6.07) is 0. The Balaban J connectivity index is 0.00000254. The van der Waals surface area contributed by atoms with Crippen molar-refractivity contribution in [2.45, 2.75) is 40.5 Å². The molecule has 0 atom stereocenters. The maximum Gasteiger partial charge on any atom is 0.170 e. The second-order valence-electron chi connectivity index (χ2n) is 4.66. The molecule has 1 aliphatic rings. The number of ether oxygens (including phenoxy) is 2. The smallest absolute Gasteiger partial charge is 0.170 e. The van der Waals surface area contributed by atoms with Crippen molar-refractivity contribution in [3.63, 3.8) is 0 Å². The summed E-state index contributed by atoms with van der Waals surface area (Å²) in [5.74, 6) is 1.18. The summed E-state index contributed by atoms with van der Waals surface area (Å²) in [7, 11) is 1.59. The number of carbonyl (C=O) groups excluding carboxylic acids is 1. The molecule has 0 aromatic heterocycles. The van der Waals surface area contributed by atoms with Gasteiger partial charge in [-0.2, -0.15) is 0 Å². The van der Waals surface area contributed by atoms with Crippen LogP contribution in [-0.4, -0.2) is 19.5 Å². The number of rotatable bonds is 5. The minimum absolute atomic E-state index is 0.00121. The molecule has 1 heterocycles.